The second kappa shape index (κ2) is 5.13. The van der Waals surface area contributed by atoms with Crippen molar-refractivity contribution >= 4 is 21.9 Å². The van der Waals surface area contributed by atoms with Gasteiger partial charge < -0.3 is 19.8 Å². The second-order valence-corrected chi connectivity index (χ2v) is 4.94. The third-order valence-electron chi connectivity index (χ3n) is 3.05. The zero-order valence-electron chi connectivity index (χ0n) is 11.3. The van der Waals surface area contributed by atoms with E-state index in [9.17, 15) is 0 Å². The van der Waals surface area contributed by atoms with Gasteiger partial charge in [-0.15, -0.1) is 0 Å². The maximum Gasteiger partial charge on any atom is 0.201 e. The third-order valence-corrected chi connectivity index (χ3v) is 3.95. The van der Waals surface area contributed by atoms with Crippen LogP contribution in [0.1, 0.15) is 5.56 Å². The van der Waals surface area contributed by atoms with E-state index in [-0.39, 0.29) is 0 Å². The van der Waals surface area contributed by atoms with Gasteiger partial charge in [0.05, 0.1) is 14.2 Å². The molecule has 0 aliphatic carbocycles. The molecule has 2 N–H and O–H groups in total. The number of aryl methyl sites for hydroxylation is 1. The fourth-order valence-electron chi connectivity index (χ4n) is 1.90. The molecule has 2 aromatic rings. The van der Waals surface area contributed by atoms with E-state index in [2.05, 4.69) is 20.9 Å². The number of rotatable bonds is 3. The van der Waals surface area contributed by atoms with Crippen LogP contribution in [0, 0.1) is 6.92 Å². The van der Waals surface area contributed by atoms with E-state index in [1.54, 1.807) is 18.8 Å². The predicted octanol–water partition coefficient (Wildman–Crippen LogP) is 2.76. The van der Waals surface area contributed by atoms with Crippen molar-refractivity contribution in [3.8, 4) is 22.8 Å². The van der Waals surface area contributed by atoms with Crippen molar-refractivity contribution in [2.24, 2.45) is 7.05 Å². The van der Waals surface area contributed by atoms with Crippen molar-refractivity contribution in [1.29, 1.82) is 0 Å². The van der Waals surface area contributed by atoms with Gasteiger partial charge in [0.25, 0.3) is 0 Å². The molecule has 0 saturated carbocycles. The van der Waals surface area contributed by atoms with Crippen LogP contribution >= 0.6 is 15.9 Å². The molecule has 0 unspecified atom stereocenters. The van der Waals surface area contributed by atoms with Crippen LogP contribution in [0.15, 0.2) is 16.7 Å². The van der Waals surface area contributed by atoms with Gasteiger partial charge in [-0.3, -0.25) is 0 Å². The Morgan fingerprint density at radius 2 is 1.79 bits per heavy atom. The van der Waals surface area contributed by atoms with Crippen molar-refractivity contribution in [3.63, 3.8) is 0 Å². The molecule has 0 aliphatic heterocycles. The first-order valence-corrected chi connectivity index (χ1v) is 6.49. The van der Waals surface area contributed by atoms with E-state index >= 15 is 0 Å². The van der Waals surface area contributed by atoms with Gasteiger partial charge in [0, 0.05) is 12.6 Å². The summed E-state index contributed by atoms with van der Waals surface area (Å²) >= 11 is 3.50. The Balaban J connectivity index is 2.65. The molecule has 0 amide bonds. The first-order chi connectivity index (χ1) is 8.99. The summed E-state index contributed by atoms with van der Waals surface area (Å²) in [5, 5.41) is 0. The van der Waals surface area contributed by atoms with Gasteiger partial charge in [-0.2, -0.15) is 0 Å². The molecule has 1 aromatic heterocycles. The number of benzene rings is 1. The summed E-state index contributed by atoms with van der Waals surface area (Å²) in [6.07, 6.45) is 0. The first kappa shape index (κ1) is 13.7. The van der Waals surface area contributed by atoms with Crippen molar-refractivity contribution < 1.29 is 9.47 Å². The number of aromatic nitrogens is 2. The number of hydrogen-bond donors (Lipinski definition) is 1. The smallest absolute Gasteiger partial charge is 0.201 e. The average Bonchev–Trinajstić information content (AvgIpc) is 2.66. The highest BCUT2D eigenvalue weighted by atomic mass is 79.9. The molecule has 0 radical (unpaired) electrons. The van der Waals surface area contributed by atoms with Crippen LogP contribution in [0.2, 0.25) is 0 Å². The van der Waals surface area contributed by atoms with Crippen LogP contribution in [0.5, 0.6) is 11.5 Å². The number of anilines is 1. The lowest BCUT2D eigenvalue weighted by Gasteiger charge is -2.11. The fourth-order valence-corrected chi connectivity index (χ4v) is 2.39. The van der Waals surface area contributed by atoms with Crippen molar-refractivity contribution in [1.82, 2.24) is 9.55 Å². The van der Waals surface area contributed by atoms with E-state index in [0.717, 1.165) is 21.4 Å². The number of imidazole rings is 1. The molecule has 1 aromatic carbocycles. The minimum absolute atomic E-state index is 0.455. The lowest BCUT2D eigenvalue weighted by molar-refractivity contribution is 0.355. The minimum atomic E-state index is 0.455. The average molecular weight is 326 g/mol. The summed E-state index contributed by atoms with van der Waals surface area (Å²) in [6.45, 7) is 1.99. The number of nitrogen functional groups attached to an aromatic ring is 1. The Morgan fingerprint density at radius 3 is 2.26 bits per heavy atom. The van der Waals surface area contributed by atoms with Crippen LogP contribution in [-0.2, 0) is 7.05 Å². The normalized spacial score (nSPS) is 10.6. The molecule has 2 rings (SSSR count). The number of methoxy groups -OCH3 is 2. The van der Waals surface area contributed by atoms with Gasteiger partial charge in [-0.1, -0.05) is 0 Å². The zero-order valence-corrected chi connectivity index (χ0v) is 12.9. The van der Waals surface area contributed by atoms with Crippen LogP contribution < -0.4 is 15.2 Å². The Bertz CT molecular complexity index is 623. The van der Waals surface area contributed by atoms with Crippen molar-refractivity contribution in [2.45, 2.75) is 6.92 Å². The molecule has 102 valence electrons. The highest BCUT2D eigenvalue weighted by molar-refractivity contribution is 9.10. The molecule has 0 spiro atoms. The number of nitrogens with two attached hydrogens (primary N) is 1. The molecule has 0 bridgehead atoms. The molecule has 6 heteroatoms. The number of hydrogen-bond acceptors (Lipinski definition) is 4. The van der Waals surface area contributed by atoms with Crippen LogP contribution in [0.25, 0.3) is 11.3 Å². The quantitative estimate of drug-likeness (QED) is 0.942. The van der Waals surface area contributed by atoms with Crippen LogP contribution in [0.4, 0.5) is 5.95 Å². The number of nitrogens with zero attached hydrogens (tertiary/aromatic N) is 2. The lowest BCUT2D eigenvalue weighted by Crippen LogP contribution is -1.96. The first-order valence-electron chi connectivity index (χ1n) is 5.70. The molecular formula is C13H16BrN3O2. The number of ether oxygens (including phenoxy) is 2. The predicted molar refractivity (Wildman–Crippen MR) is 78.6 cm³/mol. The van der Waals surface area contributed by atoms with Gasteiger partial charge >= 0.3 is 0 Å². The van der Waals surface area contributed by atoms with E-state index < -0.39 is 0 Å². The molecule has 0 atom stereocenters. The van der Waals surface area contributed by atoms with Crippen LogP contribution in [-0.4, -0.2) is 23.8 Å². The summed E-state index contributed by atoms with van der Waals surface area (Å²) < 4.78 is 13.2. The van der Waals surface area contributed by atoms with E-state index in [4.69, 9.17) is 15.2 Å². The molecule has 0 fully saturated rings. The summed E-state index contributed by atoms with van der Waals surface area (Å²) in [5.74, 6) is 1.82. The summed E-state index contributed by atoms with van der Waals surface area (Å²) in [6, 6.07) is 3.83. The van der Waals surface area contributed by atoms with Crippen molar-refractivity contribution in [3.05, 3.63) is 22.3 Å². The standard InChI is InChI=1S/C13H16BrN3O2/c1-7-5-9(18-3)10(19-4)6-8(7)11-12(14)17(2)13(15)16-11/h5-6H,1-4H3,(H2,15,16). The zero-order chi connectivity index (χ0) is 14.2. The summed E-state index contributed by atoms with van der Waals surface area (Å²) in [5.41, 5.74) is 8.61. The topological polar surface area (TPSA) is 62.3 Å². The molecule has 5 nitrogen and oxygen atoms in total. The van der Waals surface area contributed by atoms with E-state index in [1.165, 1.54) is 0 Å². The highest BCUT2D eigenvalue weighted by Gasteiger charge is 2.17. The molecule has 0 saturated heterocycles. The molecule has 1 heterocycles. The Hall–Kier alpha value is -1.69. The monoisotopic (exact) mass is 325 g/mol. The van der Waals surface area contributed by atoms with Crippen molar-refractivity contribution in [2.75, 3.05) is 20.0 Å². The van der Waals surface area contributed by atoms with Gasteiger partial charge in [-0.05, 0) is 40.5 Å². The fraction of sp³-hybridized carbons (Fsp3) is 0.308. The van der Waals surface area contributed by atoms with E-state index in [0.29, 0.717) is 17.4 Å². The minimum Gasteiger partial charge on any atom is -0.493 e. The molecular weight excluding hydrogens is 310 g/mol. The van der Waals surface area contributed by atoms with Gasteiger partial charge in [0.2, 0.25) is 5.95 Å². The maximum absolute atomic E-state index is 5.82. The van der Waals surface area contributed by atoms with Gasteiger partial charge in [-0.25, -0.2) is 4.98 Å². The van der Waals surface area contributed by atoms with Crippen LogP contribution in [0.3, 0.4) is 0 Å². The lowest BCUT2D eigenvalue weighted by atomic mass is 10.1. The maximum atomic E-state index is 5.82. The van der Waals surface area contributed by atoms with Gasteiger partial charge in [0.1, 0.15) is 10.3 Å². The Kier molecular flexibility index (Phi) is 3.71. The Labute approximate surface area is 120 Å². The molecule has 0 aliphatic rings. The SMILES string of the molecule is COc1cc(C)c(-c2nc(N)n(C)c2Br)cc1OC. The molecule has 19 heavy (non-hydrogen) atoms. The van der Waals surface area contributed by atoms with E-state index in [1.807, 2.05) is 26.1 Å². The second-order valence-electron chi connectivity index (χ2n) is 4.19. The Morgan fingerprint density at radius 1 is 1.21 bits per heavy atom. The highest BCUT2D eigenvalue weighted by Crippen LogP contribution is 2.38. The number of halogens is 1. The largest absolute Gasteiger partial charge is 0.493 e. The summed E-state index contributed by atoms with van der Waals surface area (Å²) in [4.78, 5) is 4.37. The van der Waals surface area contributed by atoms with Gasteiger partial charge in [0.15, 0.2) is 11.5 Å². The summed E-state index contributed by atoms with van der Waals surface area (Å²) in [7, 11) is 5.08. The third kappa shape index (κ3) is 2.28.